The average Bonchev–Trinajstić information content (AvgIpc) is 3.18. The Morgan fingerprint density at radius 1 is 1.06 bits per heavy atom. The smallest absolute Gasteiger partial charge is 0.165 e. The van der Waals surface area contributed by atoms with E-state index in [0.29, 0.717) is 17.5 Å². The van der Waals surface area contributed by atoms with Gasteiger partial charge >= 0.3 is 0 Å². The lowest BCUT2D eigenvalue weighted by atomic mass is 9.80. The molecule has 0 amide bonds. The average molecular weight is 428 g/mol. The molecule has 1 atom stereocenters. The highest BCUT2D eigenvalue weighted by Gasteiger charge is 2.27. The number of imidazole rings is 1. The molecule has 1 aliphatic rings. The number of nitrogens with zero attached hydrogens (tertiary/aromatic N) is 4. The summed E-state index contributed by atoms with van der Waals surface area (Å²) in [6.45, 7) is 2.21. The maximum atomic E-state index is 6.22. The molecule has 4 aromatic rings. The fourth-order valence-corrected chi connectivity index (χ4v) is 4.14. The Morgan fingerprint density at radius 3 is 2.61 bits per heavy atom. The molecule has 0 saturated heterocycles. The summed E-state index contributed by atoms with van der Waals surface area (Å²) in [7, 11) is 0. The molecule has 0 spiro atoms. The van der Waals surface area contributed by atoms with E-state index in [1.54, 1.807) is 6.20 Å². The molecule has 3 heterocycles. The molecule has 0 fully saturated rings. The molecule has 0 saturated carbocycles. The summed E-state index contributed by atoms with van der Waals surface area (Å²) >= 11 is 6.00. The predicted molar refractivity (Wildman–Crippen MR) is 126 cm³/mol. The van der Waals surface area contributed by atoms with Gasteiger partial charge in [-0.15, -0.1) is 11.6 Å². The van der Waals surface area contributed by atoms with Crippen molar-refractivity contribution >= 4 is 28.6 Å². The maximum absolute atomic E-state index is 6.22. The molecule has 1 aliphatic carbocycles. The highest BCUT2D eigenvalue weighted by atomic mass is 35.5. The van der Waals surface area contributed by atoms with E-state index in [1.807, 2.05) is 42.5 Å². The van der Waals surface area contributed by atoms with Crippen molar-refractivity contribution in [3.63, 3.8) is 0 Å². The molecule has 0 radical (unpaired) electrons. The lowest BCUT2D eigenvalue weighted by molar-refractivity contribution is 0.581. The van der Waals surface area contributed by atoms with Crippen LogP contribution < -0.4 is 5.73 Å². The van der Waals surface area contributed by atoms with Gasteiger partial charge in [0.05, 0.1) is 11.3 Å². The number of alkyl halides is 1. The fourth-order valence-electron chi connectivity index (χ4n) is 3.96. The Labute approximate surface area is 185 Å². The van der Waals surface area contributed by atoms with Crippen LogP contribution in [-0.4, -0.2) is 19.5 Å². The second kappa shape index (κ2) is 7.67. The molecule has 0 bridgehead atoms. The van der Waals surface area contributed by atoms with Crippen molar-refractivity contribution in [3.8, 4) is 17.1 Å². The number of fused-ring (bicyclic) bond motifs is 1. The van der Waals surface area contributed by atoms with Gasteiger partial charge in [0.15, 0.2) is 11.5 Å². The van der Waals surface area contributed by atoms with Crippen molar-refractivity contribution in [1.82, 2.24) is 19.5 Å². The summed E-state index contributed by atoms with van der Waals surface area (Å²) in [6.07, 6.45) is 11.1. The Morgan fingerprint density at radius 2 is 1.90 bits per heavy atom. The van der Waals surface area contributed by atoms with E-state index in [-0.39, 0.29) is 5.41 Å². The molecule has 2 N–H and O–H groups in total. The number of allylic oxidation sites excluding steroid dienone is 4. The summed E-state index contributed by atoms with van der Waals surface area (Å²) in [6, 6.07) is 16.0. The number of halogens is 1. The highest BCUT2D eigenvalue weighted by Crippen LogP contribution is 2.34. The topological polar surface area (TPSA) is 69.6 Å². The number of anilines is 1. The molecule has 5 nitrogen and oxygen atoms in total. The minimum atomic E-state index is -0.159. The van der Waals surface area contributed by atoms with Crippen LogP contribution in [0.5, 0.6) is 0 Å². The van der Waals surface area contributed by atoms with Gasteiger partial charge in [0.2, 0.25) is 0 Å². The third-order valence-electron chi connectivity index (χ3n) is 5.77. The summed E-state index contributed by atoms with van der Waals surface area (Å²) in [5.41, 5.74) is 11.4. The van der Waals surface area contributed by atoms with Crippen LogP contribution in [0, 0.1) is 0 Å². The number of rotatable bonds is 4. The molecule has 1 unspecified atom stereocenters. The van der Waals surface area contributed by atoms with Gasteiger partial charge in [-0.3, -0.25) is 4.57 Å². The first-order valence-corrected chi connectivity index (χ1v) is 10.7. The Bertz CT molecular complexity index is 1320. The van der Waals surface area contributed by atoms with Crippen molar-refractivity contribution in [3.05, 3.63) is 90.3 Å². The first-order valence-electron chi connectivity index (χ1n) is 10.2. The zero-order valence-corrected chi connectivity index (χ0v) is 17.9. The van der Waals surface area contributed by atoms with E-state index in [4.69, 9.17) is 27.3 Å². The van der Waals surface area contributed by atoms with Gasteiger partial charge in [-0.05, 0) is 48.4 Å². The minimum absolute atomic E-state index is 0.159. The molecule has 31 heavy (non-hydrogen) atoms. The van der Waals surface area contributed by atoms with Crippen LogP contribution in [0.4, 0.5) is 5.82 Å². The van der Waals surface area contributed by atoms with Crippen molar-refractivity contribution in [1.29, 1.82) is 0 Å². The standard InChI is InChI=1S/C25H22ClN5/c1-25(13-3-2-4-14-25)21-12-11-20-24(30-21)31(18-9-7-17(16-26)8-10-18)23(29-20)19-6-5-15-28-22(19)27/h2-13,15H,14,16H2,1H3,(H2,27,28). The van der Waals surface area contributed by atoms with Gasteiger partial charge in [-0.2, -0.15) is 0 Å². The molecular formula is C25H22ClN5. The summed E-state index contributed by atoms with van der Waals surface area (Å²) in [4.78, 5) is 14.2. The third-order valence-corrected chi connectivity index (χ3v) is 6.08. The summed E-state index contributed by atoms with van der Waals surface area (Å²) in [5, 5.41) is 0. The van der Waals surface area contributed by atoms with Crippen LogP contribution in [0.3, 0.4) is 0 Å². The maximum Gasteiger partial charge on any atom is 0.165 e. The van der Waals surface area contributed by atoms with Gasteiger partial charge in [-0.1, -0.05) is 43.4 Å². The Kier molecular flexibility index (Phi) is 4.83. The van der Waals surface area contributed by atoms with E-state index in [0.717, 1.165) is 40.1 Å². The molecule has 0 aliphatic heterocycles. The molecular weight excluding hydrogens is 406 g/mol. The van der Waals surface area contributed by atoms with Crippen LogP contribution in [0.2, 0.25) is 0 Å². The van der Waals surface area contributed by atoms with E-state index in [2.05, 4.69) is 46.8 Å². The number of aromatic nitrogens is 4. The van der Waals surface area contributed by atoms with Crippen molar-refractivity contribution in [2.45, 2.75) is 24.6 Å². The van der Waals surface area contributed by atoms with Gasteiger partial charge in [-0.25, -0.2) is 15.0 Å². The number of nitrogen functional groups attached to an aromatic ring is 1. The SMILES string of the molecule is CC1(c2ccc3nc(-c4cccnc4N)n(-c4ccc(CCl)cc4)c3n2)C=CC=CC1. The monoisotopic (exact) mass is 427 g/mol. The fraction of sp³-hybridized carbons (Fsp3) is 0.160. The summed E-state index contributed by atoms with van der Waals surface area (Å²) in [5.74, 6) is 1.62. The number of benzene rings is 1. The molecule has 154 valence electrons. The van der Waals surface area contributed by atoms with E-state index in [9.17, 15) is 0 Å². The van der Waals surface area contributed by atoms with Gasteiger partial charge in [0, 0.05) is 23.2 Å². The predicted octanol–water partition coefficient (Wildman–Crippen LogP) is 5.58. The minimum Gasteiger partial charge on any atom is -0.383 e. The Balaban J connectivity index is 1.77. The van der Waals surface area contributed by atoms with Crippen molar-refractivity contribution in [2.75, 3.05) is 5.73 Å². The molecule has 6 heteroatoms. The Hall–Kier alpha value is -3.44. The normalized spacial score (nSPS) is 18.0. The van der Waals surface area contributed by atoms with E-state index < -0.39 is 0 Å². The van der Waals surface area contributed by atoms with Crippen molar-refractivity contribution < 1.29 is 0 Å². The van der Waals surface area contributed by atoms with Crippen LogP contribution in [0.1, 0.15) is 24.6 Å². The van der Waals surface area contributed by atoms with Gasteiger partial charge in [0.1, 0.15) is 11.3 Å². The zero-order chi connectivity index (χ0) is 21.4. The first kappa shape index (κ1) is 19.5. The molecule has 3 aromatic heterocycles. The second-order valence-electron chi connectivity index (χ2n) is 7.96. The molecule has 5 rings (SSSR count). The van der Waals surface area contributed by atoms with Crippen LogP contribution in [0.15, 0.2) is 79.0 Å². The molecule has 1 aromatic carbocycles. The lowest BCUT2D eigenvalue weighted by Crippen LogP contribution is -2.21. The summed E-state index contributed by atoms with van der Waals surface area (Å²) < 4.78 is 2.05. The van der Waals surface area contributed by atoms with E-state index >= 15 is 0 Å². The lowest BCUT2D eigenvalue weighted by Gasteiger charge is -2.26. The van der Waals surface area contributed by atoms with Gasteiger partial charge < -0.3 is 5.73 Å². The number of pyridine rings is 2. The van der Waals surface area contributed by atoms with Gasteiger partial charge in [0.25, 0.3) is 0 Å². The third kappa shape index (κ3) is 3.41. The van der Waals surface area contributed by atoms with Crippen LogP contribution >= 0.6 is 11.6 Å². The number of hydrogen-bond donors (Lipinski definition) is 1. The quantitative estimate of drug-likeness (QED) is 0.432. The van der Waals surface area contributed by atoms with E-state index in [1.165, 1.54) is 0 Å². The number of nitrogens with two attached hydrogens (primary N) is 1. The van der Waals surface area contributed by atoms with Crippen molar-refractivity contribution in [2.24, 2.45) is 0 Å². The highest BCUT2D eigenvalue weighted by molar-refractivity contribution is 6.17. The van der Waals surface area contributed by atoms with Crippen LogP contribution in [-0.2, 0) is 11.3 Å². The first-order chi connectivity index (χ1) is 15.1. The zero-order valence-electron chi connectivity index (χ0n) is 17.2. The van der Waals surface area contributed by atoms with Crippen LogP contribution in [0.25, 0.3) is 28.2 Å². The second-order valence-corrected chi connectivity index (χ2v) is 8.22. The largest absolute Gasteiger partial charge is 0.383 e. The number of hydrogen-bond acceptors (Lipinski definition) is 4.